The van der Waals surface area contributed by atoms with Crippen molar-refractivity contribution in [2.75, 3.05) is 13.1 Å². The van der Waals surface area contributed by atoms with Gasteiger partial charge in [-0.3, -0.25) is 4.99 Å². The number of nitrogens with zero attached hydrogens (tertiary/aromatic N) is 1. The molecule has 1 heterocycles. The van der Waals surface area contributed by atoms with Crippen molar-refractivity contribution in [2.45, 2.75) is 6.42 Å². The van der Waals surface area contributed by atoms with Crippen LogP contribution in [0, 0.1) is 5.82 Å². The molecule has 0 aromatic heterocycles. The minimum atomic E-state index is -0.393. The van der Waals surface area contributed by atoms with Gasteiger partial charge < -0.3 is 10.1 Å². The van der Waals surface area contributed by atoms with Gasteiger partial charge in [-0.25, -0.2) is 4.39 Å². The predicted molar refractivity (Wildman–Crippen MR) is 87.0 cm³/mol. The zero-order valence-corrected chi connectivity index (χ0v) is 13.1. The van der Waals surface area contributed by atoms with Gasteiger partial charge in [-0.15, -0.1) is 0 Å². The highest BCUT2D eigenvalue weighted by molar-refractivity contribution is 6.35. The molecule has 0 radical (unpaired) electrons. The first-order valence-electron chi connectivity index (χ1n) is 6.85. The number of hydrogen-bond donors (Lipinski definition) is 1. The Morgan fingerprint density at radius 2 is 2.00 bits per heavy atom. The number of benzene rings is 2. The third-order valence-corrected chi connectivity index (χ3v) is 3.75. The normalized spacial score (nSPS) is 14.2. The number of halogens is 3. The van der Waals surface area contributed by atoms with E-state index in [0.717, 1.165) is 13.0 Å². The van der Waals surface area contributed by atoms with Crippen LogP contribution in [0.15, 0.2) is 41.4 Å². The van der Waals surface area contributed by atoms with E-state index in [1.165, 1.54) is 6.07 Å². The molecular weight excluding hydrogens is 326 g/mol. The molecule has 0 atom stereocenters. The summed E-state index contributed by atoms with van der Waals surface area (Å²) < 4.78 is 20.0. The largest absolute Gasteiger partial charge is 0.455 e. The van der Waals surface area contributed by atoms with Gasteiger partial charge in [0.05, 0.1) is 10.6 Å². The highest BCUT2D eigenvalue weighted by atomic mass is 35.5. The second kappa shape index (κ2) is 6.55. The molecule has 1 aliphatic heterocycles. The minimum Gasteiger partial charge on any atom is -0.455 e. The average molecular weight is 339 g/mol. The molecule has 0 bridgehead atoms. The predicted octanol–water partition coefficient (Wildman–Crippen LogP) is 4.66. The van der Waals surface area contributed by atoms with Crippen molar-refractivity contribution < 1.29 is 9.13 Å². The number of amidine groups is 1. The fraction of sp³-hybridized carbons (Fsp3) is 0.188. The summed E-state index contributed by atoms with van der Waals surface area (Å²) in [7, 11) is 0. The quantitative estimate of drug-likeness (QED) is 0.882. The van der Waals surface area contributed by atoms with Crippen LogP contribution in [0.2, 0.25) is 10.0 Å². The van der Waals surface area contributed by atoms with Crippen LogP contribution in [-0.2, 0) is 0 Å². The lowest BCUT2D eigenvalue weighted by Crippen LogP contribution is -2.31. The summed E-state index contributed by atoms with van der Waals surface area (Å²) in [5, 5.41) is 3.97. The highest BCUT2D eigenvalue weighted by Crippen LogP contribution is 2.34. The number of ether oxygens (including phenoxy) is 1. The zero-order valence-electron chi connectivity index (χ0n) is 11.6. The molecule has 0 spiro atoms. The molecule has 0 fully saturated rings. The maximum Gasteiger partial charge on any atom is 0.146 e. The Bertz CT molecular complexity index is 734. The van der Waals surface area contributed by atoms with E-state index < -0.39 is 5.82 Å². The Hall–Kier alpha value is -1.78. The monoisotopic (exact) mass is 338 g/mol. The smallest absolute Gasteiger partial charge is 0.146 e. The first-order chi connectivity index (χ1) is 10.6. The van der Waals surface area contributed by atoms with Crippen molar-refractivity contribution in [1.82, 2.24) is 5.32 Å². The molecule has 3 nitrogen and oxygen atoms in total. The van der Waals surface area contributed by atoms with E-state index in [-0.39, 0.29) is 0 Å². The fourth-order valence-electron chi connectivity index (χ4n) is 2.20. The second-order valence-electron chi connectivity index (χ2n) is 4.80. The molecule has 1 N–H and O–H groups in total. The van der Waals surface area contributed by atoms with Gasteiger partial charge in [-0.1, -0.05) is 29.3 Å². The van der Waals surface area contributed by atoms with E-state index in [2.05, 4.69) is 10.3 Å². The molecule has 0 saturated carbocycles. The lowest BCUT2D eigenvalue weighted by Gasteiger charge is -2.18. The topological polar surface area (TPSA) is 33.6 Å². The van der Waals surface area contributed by atoms with Crippen LogP contribution in [0.4, 0.5) is 4.39 Å². The Labute approximate surface area is 137 Å². The van der Waals surface area contributed by atoms with Crippen molar-refractivity contribution in [1.29, 1.82) is 0 Å². The first kappa shape index (κ1) is 15.1. The van der Waals surface area contributed by atoms with Crippen molar-refractivity contribution in [3.05, 3.63) is 57.8 Å². The lowest BCUT2D eigenvalue weighted by atomic mass is 10.1. The van der Waals surface area contributed by atoms with Gasteiger partial charge in [0.25, 0.3) is 0 Å². The summed E-state index contributed by atoms with van der Waals surface area (Å²) in [5.74, 6) is 0.881. The van der Waals surface area contributed by atoms with E-state index in [4.69, 9.17) is 27.9 Å². The first-order valence-corrected chi connectivity index (χ1v) is 7.61. The molecule has 0 amide bonds. The van der Waals surface area contributed by atoms with Gasteiger partial charge in [0, 0.05) is 18.1 Å². The Morgan fingerprint density at radius 1 is 1.14 bits per heavy atom. The van der Waals surface area contributed by atoms with Crippen LogP contribution < -0.4 is 10.1 Å². The third kappa shape index (κ3) is 3.18. The molecule has 2 aromatic carbocycles. The molecule has 114 valence electrons. The number of nitrogens with one attached hydrogen (secondary N) is 1. The molecule has 22 heavy (non-hydrogen) atoms. The summed E-state index contributed by atoms with van der Waals surface area (Å²) >= 11 is 12.0. The maximum absolute atomic E-state index is 14.2. The van der Waals surface area contributed by atoms with E-state index >= 15 is 0 Å². The van der Waals surface area contributed by atoms with Crippen LogP contribution in [0.25, 0.3) is 0 Å². The molecule has 2 aromatic rings. The SMILES string of the molecule is Fc1cccc(Oc2ccc(Cl)cc2Cl)c1C1=NCCCN1. The lowest BCUT2D eigenvalue weighted by molar-refractivity contribution is 0.474. The van der Waals surface area contributed by atoms with Crippen molar-refractivity contribution in [3.8, 4) is 11.5 Å². The fourth-order valence-corrected chi connectivity index (χ4v) is 2.64. The van der Waals surface area contributed by atoms with Gasteiger partial charge in [0.15, 0.2) is 0 Å². The number of hydrogen-bond acceptors (Lipinski definition) is 3. The number of rotatable bonds is 3. The molecule has 0 unspecified atom stereocenters. The molecule has 1 aliphatic rings. The Morgan fingerprint density at radius 3 is 2.73 bits per heavy atom. The Balaban J connectivity index is 2.00. The van der Waals surface area contributed by atoms with Crippen LogP contribution in [0.1, 0.15) is 12.0 Å². The zero-order chi connectivity index (χ0) is 15.5. The third-order valence-electron chi connectivity index (χ3n) is 3.22. The van der Waals surface area contributed by atoms with Gasteiger partial charge >= 0.3 is 0 Å². The van der Waals surface area contributed by atoms with E-state index in [1.54, 1.807) is 30.3 Å². The summed E-state index contributed by atoms with van der Waals surface area (Å²) in [5.41, 5.74) is 0.313. The second-order valence-corrected chi connectivity index (χ2v) is 5.64. The van der Waals surface area contributed by atoms with Crippen molar-refractivity contribution in [3.63, 3.8) is 0 Å². The van der Waals surface area contributed by atoms with Crippen LogP contribution in [0.3, 0.4) is 0 Å². The van der Waals surface area contributed by atoms with Crippen LogP contribution in [0.5, 0.6) is 11.5 Å². The molecular formula is C16H13Cl2FN2O. The minimum absolute atomic E-state index is 0.313. The number of aliphatic imine (C=N–C) groups is 1. The molecule has 0 saturated heterocycles. The van der Waals surface area contributed by atoms with Crippen molar-refractivity contribution in [2.24, 2.45) is 4.99 Å². The van der Waals surface area contributed by atoms with Crippen LogP contribution in [-0.4, -0.2) is 18.9 Å². The summed E-state index contributed by atoms with van der Waals surface area (Å²) in [6.45, 7) is 1.42. The highest BCUT2D eigenvalue weighted by Gasteiger charge is 2.18. The Kier molecular flexibility index (Phi) is 4.50. The standard InChI is InChI=1S/C16H13Cl2FN2O/c17-10-5-6-13(11(18)9-10)22-14-4-1-3-12(19)15(14)16-20-7-2-8-21-16/h1,3-6,9H,2,7-8H2,(H,20,21). The summed E-state index contributed by atoms with van der Waals surface area (Å²) in [6, 6.07) is 9.54. The molecule has 6 heteroatoms. The van der Waals surface area contributed by atoms with Gasteiger partial charge in [-0.2, -0.15) is 0 Å². The van der Waals surface area contributed by atoms with Crippen LogP contribution >= 0.6 is 23.2 Å². The van der Waals surface area contributed by atoms with Gasteiger partial charge in [-0.05, 0) is 36.8 Å². The average Bonchev–Trinajstić information content (AvgIpc) is 2.51. The van der Waals surface area contributed by atoms with E-state index in [0.29, 0.717) is 39.5 Å². The molecule has 0 aliphatic carbocycles. The summed E-state index contributed by atoms with van der Waals surface area (Å²) in [4.78, 5) is 4.33. The van der Waals surface area contributed by atoms with Gasteiger partial charge in [0.1, 0.15) is 23.2 Å². The van der Waals surface area contributed by atoms with E-state index in [9.17, 15) is 4.39 Å². The van der Waals surface area contributed by atoms with E-state index in [1.807, 2.05) is 0 Å². The summed E-state index contributed by atoms with van der Waals surface area (Å²) in [6.07, 6.45) is 0.928. The molecule has 3 rings (SSSR count). The maximum atomic E-state index is 14.2. The van der Waals surface area contributed by atoms with Crippen molar-refractivity contribution >= 4 is 29.0 Å². The van der Waals surface area contributed by atoms with Gasteiger partial charge in [0.2, 0.25) is 0 Å².